The highest BCUT2D eigenvalue weighted by Crippen LogP contribution is 2.23. The van der Waals surface area contributed by atoms with E-state index in [0.717, 1.165) is 12.8 Å². The minimum Gasteiger partial charge on any atom is -0.122 e. The zero-order valence-electron chi connectivity index (χ0n) is 9.44. The molecule has 0 amide bonds. The van der Waals surface area contributed by atoms with Gasteiger partial charge in [-0.25, -0.2) is 0 Å². The van der Waals surface area contributed by atoms with E-state index >= 15 is 0 Å². The van der Waals surface area contributed by atoms with Crippen molar-refractivity contribution in [2.24, 2.45) is 5.92 Å². The quantitative estimate of drug-likeness (QED) is 0.430. The van der Waals surface area contributed by atoms with Crippen LogP contribution in [-0.4, -0.2) is 5.38 Å². The Bertz CT molecular complexity index is 149. The van der Waals surface area contributed by atoms with Crippen LogP contribution in [0.5, 0.6) is 0 Å². The van der Waals surface area contributed by atoms with Crippen LogP contribution in [0, 0.1) is 5.92 Å². The predicted octanol–water partition coefficient (Wildman–Crippen LogP) is 4.78. The van der Waals surface area contributed by atoms with Crippen LogP contribution >= 0.6 is 11.6 Å². The van der Waals surface area contributed by atoms with Gasteiger partial charge in [-0.15, -0.1) is 11.6 Å². The first kappa shape index (κ1) is 13.0. The molecule has 0 radical (unpaired) electrons. The molecule has 2 atom stereocenters. The second-order valence-corrected chi connectivity index (χ2v) is 4.36. The van der Waals surface area contributed by atoms with E-state index in [2.05, 4.69) is 33.8 Å². The third-order valence-corrected chi connectivity index (χ3v) is 3.22. The molecule has 0 aromatic rings. The van der Waals surface area contributed by atoms with E-state index in [1.54, 1.807) is 0 Å². The fourth-order valence-electron chi connectivity index (χ4n) is 1.44. The summed E-state index contributed by atoms with van der Waals surface area (Å²) in [5.41, 5.74) is 1.44. The van der Waals surface area contributed by atoms with E-state index in [1.807, 2.05) is 0 Å². The Morgan fingerprint density at radius 3 is 2.46 bits per heavy atom. The van der Waals surface area contributed by atoms with Crippen LogP contribution in [-0.2, 0) is 0 Å². The van der Waals surface area contributed by atoms with E-state index in [9.17, 15) is 0 Å². The van der Waals surface area contributed by atoms with E-state index < -0.39 is 0 Å². The summed E-state index contributed by atoms with van der Waals surface area (Å²) in [5, 5.41) is 0.322. The molecule has 1 heteroatoms. The molecular formula is C12H23Cl. The first-order valence-corrected chi connectivity index (χ1v) is 5.87. The Balaban J connectivity index is 3.93. The van der Waals surface area contributed by atoms with Gasteiger partial charge in [0.25, 0.3) is 0 Å². The van der Waals surface area contributed by atoms with Gasteiger partial charge in [0.05, 0.1) is 0 Å². The smallest absolute Gasteiger partial charge is 0.0398 e. The van der Waals surface area contributed by atoms with Crippen LogP contribution in [0.25, 0.3) is 0 Å². The molecule has 0 rings (SSSR count). The Morgan fingerprint density at radius 1 is 1.38 bits per heavy atom. The van der Waals surface area contributed by atoms with Crippen molar-refractivity contribution in [1.82, 2.24) is 0 Å². The molecule has 0 fully saturated rings. The van der Waals surface area contributed by atoms with E-state index in [-0.39, 0.29) is 0 Å². The summed E-state index contributed by atoms with van der Waals surface area (Å²) in [6.07, 6.45) is 7.04. The molecule has 0 spiro atoms. The highest BCUT2D eigenvalue weighted by Gasteiger charge is 2.14. The molecule has 0 aromatic heterocycles. The summed E-state index contributed by atoms with van der Waals surface area (Å²) in [6.45, 7) is 8.80. The number of allylic oxidation sites excluding steroid dienone is 2. The summed E-state index contributed by atoms with van der Waals surface area (Å²) in [5.74, 6) is 0.535. The largest absolute Gasteiger partial charge is 0.122 e. The zero-order valence-corrected chi connectivity index (χ0v) is 10.2. The SMILES string of the molecule is CC/C=C(/C)C(C)C(Cl)CCCC. The minimum atomic E-state index is 0.322. The van der Waals surface area contributed by atoms with Gasteiger partial charge >= 0.3 is 0 Å². The molecule has 13 heavy (non-hydrogen) atoms. The molecule has 0 aliphatic carbocycles. The fourth-order valence-corrected chi connectivity index (χ4v) is 1.80. The number of hydrogen-bond acceptors (Lipinski definition) is 0. The van der Waals surface area contributed by atoms with Gasteiger partial charge < -0.3 is 0 Å². The van der Waals surface area contributed by atoms with Crippen LogP contribution in [0.4, 0.5) is 0 Å². The molecule has 0 aliphatic heterocycles. The second kappa shape index (κ2) is 7.44. The normalized spacial score (nSPS) is 17.2. The van der Waals surface area contributed by atoms with Crippen molar-refractivity contribution in [1.29, 1.82) is 0 Å². The van der Waals surface area contributed by atoms with Crippen molar-refractivity contribution in [3.8, 4) is 0 Å². The van der Waals surface area contributed by atoms with Gasteiger partial charge in [0.1, 0.15) is 0 Å². The van der Waals surface area contributed by atoms with Crippen molar-refractivity contribution < 1.29 is 0 Å². The van der Waals surface area contributed by atoms with Crippen molar-refractivity contribution >= 4 is 11.6 Å². The summed E-state index contributed by atoms with van der Waals surface area (Å²) in [7, 11) is 0. The number of halogens is 1. The molecule has 0 nitrogen and oxygen atoms in total. The highest BCUT2D eigenvalue weighted by atomic mass is 35.5. The van der Waals surface area contributed by atoms with Crippen molar-refractivity contribution in [2.45, 2.75) is 58.8 Å². The average Bonchev–Trinajstić information content (AvgIpc) is 2.13. The number of alkyl halides is 1. The first-order valence-electron chi connectivity index (χ1n) is 5.44. The standard InChI is InChI=1S/C12H23Cl/c1-5-7-9-12(13)11(4)10(3)8-6-2/h8,11-12H,5-7,9H2,1-4H3/b10-8-. The predicted molar refractivity (Wildman–Crippen MR) is 62.4 cm³/mol. The van der Waals surface area contributed by atoms with Gasteiger partial charge in [-0.05, 0) is 25.7 Å². The highest BCUT2D eigenvalue weighted by molar-refractivity contribution is 6.20. The second-order valence-electron chi connectivity index (χ2n) is 3.80. The lowest BCUT2D eigenvalue weighted by molar-refractivity contribution is 0.561. The Kier molecular flexibility index (Phi) is 7.45. The Labute approximate surface area is 88.4 Å². The van der Waals surface area contributed by atoms with Crippen molar-refractivity contribution in [2.75, 3.05) is 0 Å². The third-order valence-electron chi connectivity index (χ3n) is 2.62. The van der Waals surface area contributed by atoms with Gasteiger partial charge in [0.15, 0.2) is 0 Å². The van der Waals surface area contributed by atoms with Crippen LogP contribution in [0.1, 0.15) is 53.4 Å². The molecule has 0 N–H and O–H groups in total. The van der Waals surface area contributed by atoms with Gasteiger partial charge in [-0.2, -0.15) is 0 Å². The molecule has 0 saturated heterocycles. The van der Waals surface area contributed by atoms with Gasteiger partial charge in [0, 0.05) is 5.38 Å². The molecule has 0 bridgehead atoms. The van der Waals surface area contributed by atoms with Gasteiger partial charge in [0.2, 0.25) is 0 Å². The van der Waals surface area contributed by atoms with E-state index in [0.29, 0.717) is 11.3 Å². The summed E-state index contributed by atoms with van der Waals surface area (Å²) < 4.78 is 0. The van der Waals surface area contributed by atoms with Crippen LogP contribution in [0.15, 0.2) is 11.6 Å². The molecule has 0 saturated carbocycles. The van der Waals surface area contributed by atoms with E-state index in [1.165, 1.54) is 18.4 Å². The fraction of sp³-hybridized carbons (Fsp3) is 0.833. The summed E-state index contributed by atoms with van der Waals surface area (Å²) in [6, 6.07) is 0. The summed E-state index contributed by atoms with van der Waals surface area (Å²) in [4.78, 5) is 0. The van der Waals surface area contributed by atoms with Crippen LogP contribution < -0.4 is 0 Å². The monoisotopic (exact) mass is 202 g/mol. The van der Waals surface area contributed by atoms with Crippen LogP contribution in [0.2, 0.25) is 0 Å². The number of hydrogen-bond donors (Lipinski definition) is 0. The van der Waals surface area contributed by atoms with Gasteiger partial charge in [-0.3, -0.25) is 0 Å². The third kappa shape index (κ3) is 5.36. The number of unbranched alkanes of at least 4 members (excludes halogenated alkanes) is 1. The maximum atomic E-state index is 6.30. The average molecular weight is 203 g/mol. The zero-order chi connectivity index (χ0) is 10.3. The molecule has 0 aromatic carbocycles. The molecule has 2 unspecified atom stereocenters. The van der Waals surface area contributed by atoms with Crippen LogP contribution in [0.3, 0.4) is 0 Å². The summed E-state index contributed by atoms with van der Waals surface area (Å²) >= 11 is 6.30. The molecule has 78 valence electrons. The maximum Gasteiger partial charge on any atom is 0.0398 e. The topological polar surface area (TPSA) is 0 Å². The maximum absolute atomic E-state index is 6.30. The number of rotatable bonds is 6. The lowest BCUT2D eigenvalue weighted by atomic mass is 9.95. The van der Waals surface area contributed by atoms with Crippen molar-refractivity contribution in [3.05, 3.63) is 11.6 Å². The van der Waals surface area contributed by atoms with Gasteiger partial charge in [-0.1, -0.05) is 45.3 Å². The lowest BCUT2D eigenvalue weighted by Crippen LogP contribution is -2.12. The van der Waals surface area contributed by atoms with E-state index in [4.69, 9.17) is 11.6 Å². The minimum absolute atomic E-state index is 0.322. The van der Waals surface area contributed by atoms with Crippen molar-refractivity contribution in [3.63, 3.8) is 0 Å². The molecule has 0 aliphatic rings. The first-order chi connectivity index (χ1) is 6.13. The Hall–Kier alpha value is 0.0300. The molecule has 0 heterocycles. The Morgan fingerprint density at radius 2 is 2.00 bits per heavy atom. The lowest BCUT2D eigenvalue weighted by Gasteiger charge is -2.18. The molecular weight excluding hydrogens is 180 g/mol.